The average Bonchev–Trinajstić information content (AvgIpc) is 3.53. The van der Waals surface area contributed by atoms with E-state index in [9.17, 15) is 21.9 Å². The summed E-state index contributed by atoms with van der Waals surface area (Å²) >= 11 is 0. The molecular formula is C30H24N2O6S2. The molecule has 0 atom stereocenters. The summed E-state index contributed by atoms with van der Waals surface area (Å²) in [4.78, 5) is 0.106. The molecule has 0 aliphatic rings. The molecule has 0 spiro atoms. The second-order valence-electron chi connectivity index (χ2n) is 9.12. The van der Waals surface area contributed by atoms with Gasteiger partial charge in [-0.1, -0.05) is 54.6 Å². The molecule has 0 aliphatic heterocycles. The lowest BCUT2D eigenvalue weighted by molar-refractivity contribution is 0.276. The molecule has 6 rings (SSSR count). The molecule has 0 saturated heterocycles. The van der Waals surface area contributed by atoms with Gasteiger partial charge in [-0.05, 0) is 54.6 Å². The number of hydrogen-bond acceptors (Lipinski definition) is 6. The number of rotatable bonds is 7. The maximum Gasteiger partial charge on any atom is 0.268 e. The predicted molar refractivity (Wildman–Crippen MR) is 153 cm³/mol. The Bertz CT molecular complexity index is 2100. The second-order valence-corrected chi connectivity index (χ2v) is 12.7. The number of methoxy groups -OCH3 is 1. The van der Waals surface area contributed by atoms with Gasteiger partial charge in [0.1, 0.15) is 5.75 Å². The monoisotopic (exact) mass is 572 g/mol. The van der Waals surface area contributed by atoms with Gasteiger partial charge in [0.05, 0.1) is 45.9 Å². The number of ether oxygens (including phenoxy) is 1. The second kappa shape index (κ2) is 9.67. The van der Waals surface area contributed by atoms with Gasteiger partial charge in [0.2, 0.25) is 0 Å². The van der Waals surface area contributed by atoms with Crippen molar-refractivity contribution < 1.29 is 26.7 Å². The number of benzene rings is 4. The topological polar surface area (TPSA) is 108 Å². The zero-order chi connectivity index (χ0) is 28.1. The number of aliphatic hydroxyl groups is 1. The van der Waals surface area contributed by atoms with E-state index in [1.54, 1.807) is 84.9 Å². The molecule has 0 aliphatic carbocycles. The molecule has 202 valence electrons. The first-order valence-corrected chi connectivity index (χ1v) is 15.2. The predicted octanol–water partition coefficient (Wildman–Crippen LogP) is 5.24. The molecule has 0 radical (unpaired) electrons. The van der Waals surface area contributed by atoms with Crippen molar-refractivity contribution >= 4 is 41.9 Å². The van der Waals surface area contributed by atoms with Gasteiger partial charge in [0, 0.05) is 16.3 Å². The molecule has 1 N–H and O–H groups in total. The zero-order valence-corrected chi connectivity index (χ0v) is 22.9. The molecule has 2 aromatic heterocycles. The van der Waals surface area contributed by atoms with Gasteiger partial charge in [0.15, 0.2) is 0 Å². The lowest BCUT2D eigenvalue weighted by Gasteiger charge is -2.14. The normalized spacial score (nSPS) is 12.2. The number of aromatic nitrogens is 2. The highest BCUT2D eigenvalue weighted by atomic mass is 32.2. The van der Waals surface area contributed by atoms with Crippen LogP contribution in [0.25, 0.3) is 33.1 Å². The van der Waals surface area contributed by atoms with E-state index in [2.05, 4.69) is 0 Å². The first-order valence-electron chi connectivity index (χ1n) is 12.3. The fourth-order valence-electron chi connectivity index (χ4n) is 5.09. The largest absolute Gasteiger partial charge is 0.497 e. The summed E-state index contributed by atoms with van der Waals surface area (Å²) in [5.41, 5.74) is 1.26. The van der Waals surface area contributed by atoms with E-state index in [1.807, 2.05) is 0 Å². The quantitative estimate of drug-likeness (QED) is 0.280. The van der Waals surface area contributed by atoms with Crippen LogP contribution in [0.4, 0.5) is 0 Å². The SMILES string of the molecule is COc1ccc2c(c1)cc(-c1c(CO)n(S(=O)(=O)c3ccccc3)c3ccccc13)n2S(=O)(=O)c1ccccc1. The fraction of sp³-hybridized carbons (Fsp3) is 0.0667. The molecule has 0 saturated carbocycles. The molecular weight excluding hydrogens is 548 g/mol. The standard InChI is InChI=1S/C30H24N2O6S2/c1-38-22-16-17-26-21(18-22)19-28(31(26)39(34,35)23-10-4-2-5-11-23)30-25-14-8-9-15-27(25)32(29(30)20-33)40(36,37)24-12-6-3-7-13-24/h2-19,33H,20H2,1H3. The van der Waals surface area contributed by atoms with E-state index in [-0.39, 0.29) is 21.2 Å². The minimum atomic E-state index is -4.16. The van der Waals surface area contributed by atoms with E-state index in [0.29, 0.717) is 33.1 Å². The molecule has 8 nitrogen and oxygen atoms in total. The van der Waals surface area contributed by atoms with Crippen LogP contribution < -0.4 is 4.74 Å². The van der Waals surface area contributed by atoms with Gasteiger partial charge in [-0.2, -0.15) is 0 Å². The van der Waals surface area contributed by atoms with Crippen LogP contribution in [0.3, 0.4) is 0 Å². The maximum absolute atomic E-state index is 14.2. The van der Waals surface area contributed by atoms with Crippen molar-refractivity contribution in [1.82, 2.24) is 7.94 Å². The van der Waals surface area contributed by atoms with E-state index in [4.69, 9.17) is 4.74 Å². The highest BCUT2D eigenvalue weighted by Gasteiger charge is 2.31. The number of hydrogen-bond donors (Lipinski definition) is 1. The number of fused-ring (bicyclic) bond motifs is 2. The molecule has 0 fully saturated rings. The molecule has 4 aromatic carbocycles. The molecule has 2 heterocycles. The van der Waals surface area contributed by atoms with Gasteiger partial charge >= 0.3 is 0 Å². The highest BCUT2D eigenvalue weighted by molar-refractivity contribution is 7.90. The highest BCUT2D eigenvalue weighted by Crippen LogP contribution is 2.41. The summed E-state index contributed by atoms with van der Waals surface area (Å²) in [6, 6.07) is 29.4. The maximum atomic E-state index is 14.2. The summed E-state index contributed by atoms with van der Waals surface area (Å²) in [5.74, 6) is 0.532. The molecule has 6 aromatic rings. The fourth-order valence-corrected chi connectivity index (χ4v) is 8.20. The number of nitrogens with zero attached hydrogens (tertiary/aromatic N) is 2. The van der Waals surface area contributed by atoms with Crippen LogP contribution >= 0.6 is 0 Å². The summed E-state index contributed by atoms with van der Waals surface area (Å²) < 4.78 is 63.9. The molecule has 10 heteroatoms. The number of para-hydroxylation sites is 1. The van der Waals surface area contributed by atoms with Gasteiger partial charge < -0.3 is 9.84 Å². The lowest BCUT2D eigenvalue weighted by Crippen LogP contribution is -2.17. The van der Waals surface area contributed by atoms with Gasteiger partial charge in [-0.25, -0.2) is 24.8 Å². The Labute approximate surface area is 231 Å². The van der Waals surface area contributed by atoms with E-state index >= 15 is 0 Å². The van der Waals surface area contributed by atoms with Gasteiger partial charge in [-0.3, -0.25) is 0 Å². The van der Waals surface area contributed by atoms with Crippen molar-refractivity contribution in [2.24, 2.45) is 0 Å². The third-order valence-electron chi connectivity index (χ3n) is 6.86. The van der Waals surface area contributed by atoms with Crippen LogP contribution in [-0.2, 0) is 26.7 Å². The van der Waals surface area contributed by atoms with Crippen LogP contribution in [0.2, 0.25) is 0 Å². The zero-order valence-electron chi connectivity index (χ0n) is 21.3. The third kappa shape index (κ3) is 3.91. The van der Waals surface area contributed by atoms with E-state index in [1.165, 1.54) is 35.3 Å². The Hall–Kier alpha value is -4.38. The summed E-state index contributed by atoms with van der Waals surface area (Å²) in [7, 11) is -6.80. The van der Waals surface area contributed by atoms with Crippen LogP contribution in [-0.4, -0.2) is 37.0 Å². The lowest BCUT2D eigenvalue weighted by atomic mass is 10.1. The van der Waals surface area contributed by atoms with E-state index < -0.39 is 26.7 Å². The molecule has 40 heavy (non-hydrogen) atoms. The van der Waals surface area contributed by atoms with Gasteiger partial charge in [0.25, 0.3) is 20.0 Å². The Morgan fingerprint density at radius 3 is 1.85 bits per heavy atom. The number of aliphatic hydroxyl groups excluding tert-OH is 1. The van der Waals surface area contributed by atoms with Gasteiger partial charge in [-0.15, -0.1) is 0 Å². The van der Waals surface area contributed by atoms with Crippen molar-refractivity contribution in [1.29, 1.82) is 0 Å². The Balaban J connectivity index is 1.76. The Kier molecular flexibility index (Phi) is 6.25. The molecule has 0 bridgehead atoms. The van der Waals surface area contributed by atoms with Crippen LogP contribution in [0.5, 0.6) is 5.75 Å². The van der Waals surface area contributed by atoms with E-state index in [0.717, 1.165) is 3.97 Å². The van der Waals surface area contributed by atoms with Crippen molar-refractivity contribution in [3.8, 4) is 17.0 Å². The Morgan fingerprint density at radius 1 is 0.675 bits per heavy atom. The van der Waals surface area contributed by atoms with Crippen molar-refractivity contribution in [2.75, 3.05) is 7.11 Å². The average molecular weight is 573 g/mol. The van der Waals surface area contributed by atoms with Crippen molar-refractivity contribution in [2.45, 2.75) is 16.4 Å². The minimum absolute atomic E-state index is 0.0409. The molecule has 0 amide bonds. The summed E-state index contributed by atoms with van der Waals surface area (Å²) in [6.07, 6.45) is 0. The van der Waals surface area contributed by atoms with Crippen molar-refractivity contribution in [3.05, 3.63) is 115 Å². The summed E-state index contributed by atoms with van der Waals surface area (Å²) in [6.45, 7) is -0.660. The summed E-state index contributed by atoms with van der Waals surface area (Å²) in [5, 5.41) is 11.7. The van der Waals surface area contributed by atoms with Crippen LogP contribution in [0.1, 0.15) is 5.69 Å². The van der Waals surface area contributed by atoms with Crippen LogP contribution in [0, 0.1) is 0 Å². The first kappa shape index (κ1) is 25.9. The van der Waals surface area contributed by atoms with Crippen LogP contribution in [0.15, 0.2) is 119 Å². The minimum Gasteiger partial charge on any atom is -0.497 e. The Morgan fingerprint density at radius 2 is 1.25 bits per heavy atom. The smallest absolute Gasteiger partial charge is 0.268 e. The van der Waals surface area contributed by atoms with Crippen molar-refractivity contribution in [3.63, 3.8) is 0 Å². The molecule has 0 unspecified atom stereocenters. The third-order valence-corrected chi connectivity index (χ3v) is 10.4. The first-order chi connectivity index (χ1) is 19.3.